The lowest BCUT2D eigenvalue weighted by atomic mass is 10.3. The molecule has 0 aliphatic heterocycles. The fraction of sp³-hybridized carbons (Fsp3) is 0.250. The van der Waals surface area contributed by atoms with Crippen molar-refractivity contribution in [3.8, 4) is 0 Å². The van der Waals surface area contributed by atoms with Crippen molar-refractivity contribution < 1.29 is 4.42 Å². The van der Waals surface area contributed by atoms with Crippen LogP contribution in [-0.4, -0.2) is 9.97 Å². The molecular weight excluding hydrogens is 168 g/mol. The minimum atomic E-state index is 0.374. The lowest BCUT2D eigenvalue weighted by molar-refractivity contribution is 0.567. The third-order valence-corrected chi connectivity index (χ3v) is 1.84. The number of fused-ring (bicyclic) bond motifs is 1. The zero-order chi connectivity index (χ0) is 9.42. The summed E-state index contributed by atoms with van der Waals surface area (Å²) in [6, 6.07) is 1.91. The number of nitrogen functional groups attached to an aromatic ring is 1. The topological polar surface area (TPSA) is 77.0 Å². The number of hydrazine groups is 1. The Balaban J connectivity index is 2.75. The van der Waals surface area contributed by atoms with Gasteiger partial charge in [0.1, 0.15) is 5.76 Å². The number of hydrogen-bond acceptors (Lipinski definition) is 5. The Morgan fingerprint density at radius 1 is 1.38 bits per heavy atom. The SMILES string of the molecule is Cc1cc2c(C)nc(NN)nc2o1. The van der Waals surface area contributed by atoms with Gasteiger partial charge in [0.25, 0.3) is 0 Å². The molecule has 0 unspecified atom stereocenters. The van der Waals surface area contributed by atoms with E-state index >= 15 is 0 Å². The highest BCUT2D eigenvalue weighted by atomic mass is 16.3. The second-order valence-electron chi connectivity index (χ2n) is 2.85. The minimum Gasteiger partial charge on any atom is -0.443 e. The molecule has 0 fully saturated rings. The van der Waals surface area contributed by atoms with Crippen molar-refractivity contribution in [2.24, 2.45) is 5.84 Å². The zero-order valence-corrected chi connectivity index (χ0v) is 7.46. The number of hydrogen-bond donors (Lipinski definition) is 2. The third kappa shape index (κ3) is 1.23. The summed E-state index contributed by atoms with van der Waals surface area (Å²) < 4.78 is 5.34. The molecule has 0 saturated heterocycles. The summed E-state index contributed by atoms with van der Waals surface area (Å²) in [5.74, 6) is 6.40. The van der Waals surface area contributed by atoms with Crippen LogP contribution in [0.5, 0.6) is 0 Å². The smallest absolute Gasteiger partial charge is 0.240 e. The van der Waals surface area contributed by atoms with E-state index in [4.69, 9.17) is 10.3 Å². The molecule has 3 N–H and O–H groups in total. The molecule has 5 heteroatoms. The van der Waals surface area contributed by atoms with Gasteiger partial charge in [0.2, 0.25) is 11.7 Å². The molecule has 2 aromatic heterocycles. The Kier molecular flexibility index (Phi) is 1.66. The van der Waals surface area contributed by atoms with Gasteiger partial charge >= 0.3 is 0 Å². The molecule has 2 heterocycles. The predicted molar refractivity (Wildman–Crippen MR) is 49.1 cm³/mol. The van der Waals surface area contributed by atoms with Crippen molar-refractivity contribution in [2.45, 2.75) is 13.8 Å². The van der Waals surface area contributed by atoms with E-state index in [1.165, 1.54) is 0 Å². The normalized spacial score (nSPS) is 10.7. The van der Waals surface area contributed by atoms with Gasteiger partial charge < -0.3 is 4.42 Å². The Morgan fingerprint density at radius 2 is 2.15 bits per heavy atom. The van der Waals surface area contributed by atoms with Crippen molar-refractivity contribution >= 4 is 17.0 Å². The first-order valence-corrected chi connectivity index (χ1v) is 3.92. The highest BCUT2D eigenvalue weighted by molar-refractivity contribution is 5.77. The maximum absolute atomic E-state index is 5.34. The van der Waals surface area contributed by atoms with E-state index in [9.17, 15) is 0 Å². The van der Waals surface area contributed by atoms with Gasteiger partial charge in [0, 0.05) is 0 Å². The molecule has 0 spiro atoms. The molecule has 0 saturated carbocycles. The number of anilines is 1. The molecule has 0 amide bonds. The van der Waals surface area contributed by atoms with Crippen LogP contribution in [0.1, 0.15) is 11.5 Å². The number of aromatic nitrogens is 2. The maximum Gasteiger partial charge on any atom is 0.240 e. The van der Waals surface area contributed by atoms with Crippen molar-refractivity contribution in [2.75, 3.05) is 5.43 Å². The molecule has 0 atom stereocenters. The zero-order valence-electron chi connectivity index (χ0n) is 7.46. The van der Waals surface area contributed by atoms with E-state index in [2.05, 4.69) is 15.4 Å². The van der Waals surface area contributed by atoms with Crippen molar-refractivity contribution in [3.63, 3.8) is 0 Å². The fourth-order valence-corrected chi connectivity index (χ4v) is 1.25. The van der Waals surface area contributed by atoms with Gasteiger partial charge in [-0.3, -0.25) is 5.43 Å². The van der Waals surface area contributed by atoms with Gasteiger partial charge in [0.15, 0.2) is 0 Å². The van der Waals surface area contributed by atoms with E-state index in [0.717, 1.165) is 16.8 Å². The van der Waals surface area contributed by atoms with Crippen LogP contribution in [-0.2, 0) is 0 Å². The highest BCUT2D eigenvalue weighted by Gasteiger charge is 2.07. The summed E-state index contributed by atoms with van der Waals surface area (Å²) in [5.41, 5.74) is 3.81. The van der Waals surface area contributed by atoms with Crippen LogP contribution in [0.25, 0.3) is 11.1 Å². The molecule has 0 aliphatic carbocycles. The third-order valence-electron chi connectivity index (χ3n) is 1.84. The lowest BCUT2D eigenvalue weighted by Gasteiger charge is -1.98. The Morgan fingerprint density at radius 3 is 2.85 bits per heavy atom. The number of aryl methyl sites for hydroxylation is 2. The Labute approximate surface area is 74.9 Å². The molecule has 13 heavy (non-hydrogen) atoms. The number of nitrogens with zero attached hydrogens (tertiary/aromatic N) is 2. The van der Waals surface area contributed by atoms with Gasteiger partial charge in [-0.15, -0.1) is 0 Å². The molecule has 2 rings (SSSR count). The summed E-state index contributed by atoms with van der Waals surface area (Å²) in [6.07, 6.45) is 0. The average molecular weight is 178 g/mol. The number of rotatable bonds is 1. The Bertz CT molecular complexity index is 449. The van der Waals surface area contributed by atoms with Gasteiger partial charge in [-0.1, -0.05) is 0 Å². The van der Waals surface area contributed by atoms with Crippen molar-refractivity contribution in [1.82, 2.24) is 9.97 Å². The summed E-state index contributed by atoms with van der Waals surface area (Å²) in [4.78, 5) is 8.19. The van der Waals surface area contributed by atoms with Crippen LogP contribution in [0.2, 0.25) is 0 Å². The second kappa shape index (κ2) is 2.70. The predicted octanol–water partition coefficient (Wildman–Crippen LogP) is 1.13. The minimum absolute atomic E-state index is 0.374. The van der Waals surface area contributed by atoms with E-state index < -0.39 is 0 Å². The fourth-order valence-electron chi connectivity index (χ4n) is 1.25. The summed E-state index contributed by atoms with van der Waals surface area (Å²) in [6.45, 7) is 3.76. The first-order chi connectivity index (χ1) is 6.20. The molecule has 0 aromatic carbocycles. The largest absolute Gasteiger partial charge is 0.443 e. The van der Waals surface area contributed by atoms with Crippen LogP contribution in [0.3, 0.4) is 0 Å². The lowest BCUT2D eigenvalue weighted by Crippen LogP contribution is -2.10. The Hall–Kier alpha value is -1.62. The number of nitrogens with one attached hydrogen (secondary N) is 1. The summed E-state index contributed by atoms with van der Waals surface area (Å²) in [7, 11) is 0. The van der Waals surface area contributed by atoms with Gasteiger partial charge in [0.05, 0.1) is 11.1 Å². The van der Waals surface area contributed by atoms with E-state index in [1.54, 1.807) is 0 Å². The maximum atomic E-state index is 5.34. The molecule has 0 bridgehead atoms. The van der Waals surface area contributed by atoms with Gasteiger partial charge in [-0.2, -0.15) is 4.98 Å². The van der Waals surface area contributed by atoms with Crippen molar-refractivity contribution in [3.05, 3.63) is 17.5 Å². The van der Waals surface area contributed by atoms with Gasteiger partial charge in [-0.25, -0.2) is 10.8 Å². The second-order valence-corrected chi connectivity index (χ2v) is 2.85. The first-order valence-electron chi connectivity index (χ1n) is 3.92. The number of furan rings is 1. The number of nitrogens with two attached hydrogens (primary N) is 1. The van der Waals surface area contributed by atoms with Crippen molar-refractivity contribution in [1.29, 1.82) is 0 Å². The van der Waals surface area contributed by atoms with Crippen LogP contribution in [0.4, 0.5) is 5.95 Å². The van der Waals surface area contributed by atoms with Crippen LogP contribution in [0.15, 0.2) is 10.5 Å². The quantitative estimate of drug-likeness (QED) is 0.505. The van der Waals surface area contributed by atoms with E-state index in [-0.39, 0.29) is 0 Å². The monoisotopic (exact) mass is 178 g/mol. The first kappa shape index (κ1) is 8.00. The van der Waals surface area contributed by atoms with Crippen LogP contribution >= 0.6 is 0 Å². The standard InChI is InChI=1S/C8H10N4O/c1-4-3-6-5(2)10-8(12-9)11-7(6)13-4/h3H,9H2,1-2H3,(H,10,11,12). The van der Waals surface area contributed by atoms with Gasteiger partial charge in [-0.05, 0) is 19.9 Å². The summed E-state index contributed by atoms with van der Waals surface area (Å²) in [5, 5.41) is 0.927. The molecule has 2 aromatic rings. The molecule has 0 aliphatic rings. The molecular formula is C8H10N4O. The van der Waals surface area contributed by atoms with E-state index in [1.807, 2.05) is 19.9 Å². The highest BCUT2D eigenvalue weighted by Crippen LogP contribution is 2.20. The average Bonchev–Trinajstić information content (AvgIpc) is 2.46. The van der Waals surface area contributed by atoms with Crippen LogP contribution in [0, 0.1) is 13.8 Å². The summed E-state index contributed by atoms with van der Waals surface area (Å²) >= 11 is 0. The van der Waals surface area contributed by atoms with Crippen LogP contribution < -0.4 is 11.3 Å². The molecule has 0 radical (unpaired) electrons. The molecule has 68 valence electrons. The molecule has 5 nitrogen and oxygen atoms in total. The van der Waals surface area contributed by atoms with E-state index in [0.29, 0.717) is 11.7 Å².